The molecular weight excluding hydrogens is 322 g/mol. The first-order valence-electron chi connectivity index (χ1n) is 8.76. The molecule has 136 valence electrons. The van der Waals surface area contributed by atoms with Crippen molar-refractivity contribution >= 4 is 12.1 Å². The van der Waals surface area contributed by atoms with Crippen molar-refractivity contribution in [1.82, 2.24) is 15.1 Å². The molecule has 2 fully saturated rings. The van der Waals surface area contributed by atoms with Gasteiger partial charge >= 0.3 is 6.09 Å². The molecule has 3 rings (SSSR count). The summed E-state index contributed by atoms with van der Waals surface area (Å²) >= 11 is 0. The Bertz CT molecular complexity index is 649. The minimum absolute atomic E-state index is 0.00325. The third kappa shape index (κ3) is 4.46. The van der Waals surface area contributed by atoms with Crippen LogP contribution in [-0.4, -0.2) is 45.3 Å². The summed E-state index contributed by atoms with van der Waals surface area (Å²) in [4.78, 5) is 25.0. The number of carboxylic acids is 1. The molecule has 0 N–H and O–H groups in total. The van der Waals surface area contributed by atoms with Gasteiger partial charge in [0.1, 0.15) is 5.60 Å². The van der Waals surface area contributed by atoms with E-state index < -0.39 is 23.7 Å². The topological polar surface area (TPSA) is 95.5 Å². The number of carboxylic acid groups (broad SMARTS) is 1. The van der Waals surface area contributed by atoms with Gasteiger partial charge in [-0.25, -0.2) is 4.79 Å². The number of ether oxygens (including phenoxy) is 1. The van der Waals surface area contributed by atoms with Gasteiger partial charge in [0.2, 0.25) is 0 Å². The number of carbonyl (C=O) groups is 2. The lowest BCUT2D eigenvalue weighted by Gasteiger charge is -2.28. The van der Waals surface area contributed by atoms with Crippen molar-refractivity contribution in [2.45, 2.75) is 64.0 Å². The Balaban J connectivity index is 1.64. The van der Waals surface area contributed by atoms with Crippen molar-refractivity contribution in [3.8, 4) is 0 Å². The van der Waals surface area contributed by atoms with Gasteiger partial charge in [0, 0.05) is 12.5 Å². The smallest absolute Gasteiger partial charge is 0.410 e. The first-order chi connectivity index (χ1) is 11.7. The molecule has 0 aromatic carbocycles. The highest BCUT2D eigenvalue weighted by atomic mass is 16.6. The molecule has 1 amide bonds. The molecule has 1 saturated heterocycles. The minimum Gasteiger partial charge on any atom is -0.548 e. The lowest BCUT2D eigenvalue weighted by Crippen LogP contribution is -2.48. The molecule has 7 nitrogen and oxygen atoms in total. The fraction of sp³-hybridized carbons (Fsp3) is 0.667. The van der Waals surface area contributed by atoms with E-state index in [-0.39, 0.29) is 5.92 Å². The van der Waals surface area contributed by atoms with E-state index in [2.05, 4.69) is 10.2 Å². The molecule has 1 aromatic heterocycles. The van der Waals surface area contributed by atoms with E-state index in [9.17, 15) is 14.7 Å². The van der Waals surface area contributed by atoms with Crippen LogP contribution >= 0.6 is 0 Å². The number of amides is 1. The molecule has 1 aliphatic heterocycles. The highest BCUT2D eigenvalue weighted by Crippen LogP contribution is 2.38. The third-order valence-corrected chi connectivity index (χ3v) is 4.52. The maximum absolute atomic E-state index is 12.3. The highest BCUT2D eigenvalue weighted by Gasteiger charge is 2.38. The summed E-state index contributed by atoms with van der Waals surface area (Å²) in [5, 5.41) is 19.9. The number of nitrogens with zero attached hydrogens (tertiary/aromatic N) is 3. The number of hydrogen-bond donors (Lipinski definition) is 0. The SMILES string of the molecule is CC(C)(C)OC(=O)N1C[C@H](Cc2ccc(C3CC3)nn2)C[C@H]1C(=O)[O-]. The van der Waals surface area contributed by atoms with E-state index in [0.717, 1.165) is 11.4 Å². The first kappa shape index (κ1) is 17.6. The summed E-state index contributed by atoms with van der Waals surface area (Å²) in [6.07, 6.45) is 2.66. The van der Waals surface area contributed by atoms with Crippen LogP contribution in [-0.2, 0) is 16.0 Å². The molecule has 0 unspecified atom stereocenters. The number of aromatic nitrogens is 2. The number of rotatable bonds is 4. The van der Waals surface area contributed by atoms with Gasteiger partial charge in [-0.1, -0.05) is 0 Å². The fourth-order valence-corrected chi connectivity index (χ4v) is 3.19. The van der Waals surface area contributed by atoms with Gasteiger partial charge in [0.15, 0.2) is 0 Å². The maximum atomic E-state index is 12.3. The quantitative estimate of drug-likeness (QED) is 0.815. The van der Waals surface area contributed by atoms with Gasteiger partial charge in [-0.2, -0.15) is 10.2 Å². The van der Waals surface area contributed by atoms with Gasteiger partial charge in [-0.15, -0.1) is 0 Å². The molecule has 0 radical (unpaired) electrons. The van der Waals surface area contributed by atoms with Gasteiger partial charge in [-0.3, -0.25) is 4.90 Å². The second-order valence-electron chi connectivity index (χ2n) is 8.00. The summed E-state index contributed by atoms with van der Waals surface area (Å²) in [5.41, 5.74) is 1.17. The predicted octanol–water partition coefficient (Wildman–Crippen LogP) is 1.27. The largest absolute Gasteiger partial charge is 0.548 e. The monoisotopic (exact) mass is 346 g/mol. The molecule has 2 atom stereocenters. The Kier molecular flexibility index (Phi) is 4.67. The van der Waals surface area contributed by atoms with Crippen LogP contribution in [0.5, 0.6) is 0 Å². The summed E-state index contributed by atoms with van der Waals surface area (Å²) in [6.45, 7) is 5.58. The second-order valence-corrected chi connectivity index (χ2v) is 8.00. The van der Waals surface area contributed by atoms with Crippen LogP contribution in [0.1, 0.15) is 57.3 Å². The van der Waals surface area contributed by atoms with E-state index in [1.807, 2.05) is 12.1 Å². The Morgan fingerprint density at radius 3 is 2.52 bits per heavy atom. The minimum atomic E-state index is -1.25. The predicted molar refractivity (Wildman–Crippen MR) is 87.6 cm³/mol. The van der Waals surface area contributed by atoms with Crippen molar-refractivity contribution in [2.24, 2.45) is 5.92 Å². The Labute approximate surface area is 147 Å². The molecule has 1 saturated carbocycles. The molecule has 1 aromatic rings. The van der Waals surface area contributed by atoms with Crippen molar-refractivity contribution in [1.29, 1.82) is 0 Å². The van der Waals surface area contributed by atoms with E-state index in [1.165, 1.54) is 17.7 Å². The zero-order valence-corrected chi connectivity index (χ0v) is 14.9. The number of likely N-dealkylation sites (tertiary alicyclic amines) is 1. The van der Waals surface area contributed by atoms with E-state index in [0.29, 0.717) is 25.3 Å². The Hall–Kier alpha value is -2.18. The summed E-state index contributed by atoms with van der Waals surface area (Å²) < 4.78 is 5.32. The van der Waals surface area contributed by atoms with Crippen LogP contribution in [0.25, 0.3) is 0 Å². The van der Waals surface area contributed by atoms with Gasteiger partial charge in [0.25, 0.3) is 0 Å². The molecule has 2 aliphatic rings. The number of aliphatic carboxylic acids is 1. The molecule has 2 heterocycles. The Morgan fingerprint density at radius 2 is 2.00 bits per heavy atom. The molecule has 25 heavy (non-hydrogen) atoms. The van der Waals surface area contributed by atoms with Gasteiger partial charge in [0.05, 0.1) is 23.4 Å². The van der Waals surface area contributed by atoms with Gasteiger partial charge < -0.3 is 14.6 Å². The van der Waals surface area contributed by atoms with Crippen LogP contribution in [0, 0.1) is 5.92 Å². The zero-order chi connectivity index (χ0) is 18.2. The highest BCUT2D eigenvalue weighted by molar-refractivity contribution is 5.79. The number of carbonyl (C=O) groups excluding carboxylic acids is 2. The lowest BCUT2D eigenvalue weighted by atomic mass is 9.99. The van der Waals surface area contributed by atoms with E-state index in [4.69, 9.17) is 4.74 Å². The van der Waals surface area contributed by atoms with Crippen molar-refractivity contribution < 1.29 is 19.4 Å². The number of hydrogen-bond acceptors (Lipinski definition) is 6. The van der Waals surface area contributed by atoms with Crippen molar-refractivity contribution in [3.63, 3.8) is 0 Å². The molecule has 0 bridgehead atoms. The van der Waals surface area contributed by atoms with Crippen molar-refractivity contribution in [2.75, 3.05) is 6.54 Å². The Morgan fingerprint density at radius 1 is 1.28 bits per heavy atom. The fourth-order valence-electron chi connectivity index (χ4n) is 3.19. The summed E-state index contributed by atoms with van der Waals surface area (Å²) in [5.74, 6) is -0.696. The van der Waals surface area contributed by atoms with E-state index in [1.54, 1.807) is 20.8 Å². The maximum Gasteiger partial charge on any atom is 0.410 e. The second kappa shape index (κ2) is 6.61. The van der Waals surface area contributed by atoms with E-state index >= 15 is 0 Å². The molecule has 1 aliphatic carbocycles. The zero-order valence-electron chi connectivity index (χ0n) is 14.9. The standard InChI is InChI=1S/C18H25N3O4/c1-18(2,3)25-17(24)21-10-11(9-15(21)16(22)23)8-13-6-7-14(20-19-13)12-4-5-12/h6-7,11-12,15H,4-5,8-10H2,1-3H3,(H,22,23)/p-1/t11-,15+/m1/s1. The van der Waals surface area contributed by atoms with Gasteiger partial charge in [-0.05, 0) is 64.5 Å². The van der Waals surface area contributed by atoms with Crippen LogP contribution in [0.15, 0.2) is 12.1 Å². The molecular formula is C18H24N3O4-. The van der Waals surface area contributed by atoms with Crippen LogP contribution < -0.4 is 5.11 Å². The van der Waals surface area contributed by atoms with Crippen LogP contribution in [0.4, 0.5) is 4.79 Å². The lowest BCUT2D eigenvalue weighted by molar-refractivity contribution is -0.310. The summed E-state index contributed by atoms with van der Waals surface area (Å²) in [6, 6.07) is 2.99. The average molecular weight is 346 g/mol. The molecule has 7 heteroatoms. The van der Waals surface area contributed by atoms with Crippen LogP contribution in [0.3, 0.4) is 0 Å². The summed E-state index contributed by atoms with van der Waals surface area (Å²) in [7, 11) is 0. The first-order valence-corrected chi connectivity index (χ1v) is 8.76. The van der Waals surface area contributed by atoms with Crippen molar-refractivity contribution in [3.05, 3.63) is 23.5 Å². The van der Waals surface area contributed by atoms with Crippen LogP contribution in [0.2, 0.25) is 0 Å². The molecule has 0 spiro atoms. The average Bonchev–Trinajstić information content (AvgIpc) is 3.26. The normalized spacial score (nSPS) is 23.6. The third-order valence-electron chi connectivity index (χ3n) is 4.52.